The number of sulfonamides is 1. The van der Waals surface area contributed by atoms with Crippen LogP contribution in [0.2, 0.25) is 0 Å². The highest BCUT2D eigenvalue weighted by Gasteiger charge is 2.25. The molecule has 3 aromatic carbocycles. The largest absolute Gasteiger partial charge is 0.492 e. The van der Waals surface area contributed by atoms with Gasteiger partial charge < -0.3 is 14.5 Å². The van der Waals surface area contributed by atoms with Gasteiger partial charge in [0.2, 0.25) is 0 Å². The summed E-state index contributed by atoms with van der Waals surface area (Å²) in [6, 6.07) is 25.9. The van der Waals surface area contributed by atoms with E-state index in [1.165, 1.54) is 0 Å². The maximum absolute atomic E-state index is 13.0. The van der Waals surface area contributed by atoms with E-state index in [4.69, 9.17) is 4.74 Å². The van der Waals surface area contributed by atoms with Crippen LogP contribution in [0, 0.1) is 0 Å². The molecule has 0 bridgehead atoms. The Morgan fingerprint density at radius 2 is 1.42 bits per heavy atom. The Kier molecular flexibility index (Phi) is 8.36. The number of hydrogen-bond acceptors (Lipinski definition) is 4. The third kappa shape index (κ3) is 5.86. The Morgan fingerprint density at radius 3 is 2.06 bits per heavy atom. The SMILES string of the molecule is CCOc1ccccc1N1CCN(/C(=N/S(=O)(=O)c2ccccc2)c2ccccc2)CC1.Cl. The summed E-state index contributed by atoms with van der Waals surface area (Å²) in [6.07, 6.45) is 0. The average Bonchev–Trinajstić information content (AvgIpc) is 2.84. The molecule has 33 heavy (non-hydrogen) atoms. The number of piperazine rings is 1. The van der Waals surface area contributed by atoms with Crippen molar-refractivity contribution in [3.05, 3.63) is 90.5 Å². The minimum absolute atomic E-state index is 0. The Hall–Kier alpha value is -3.03. The maximum Gasteiger partial charge on any atom is 0.284 e. The van der Waals surface area contributed by atoms with E-state index in [0.717, 1.165) is 30.1 Å². The van der Waals surface area contributed by atoms with E-state index in [1.807, 2.05) is 55.5 Å². The average molecular weight is 486 g/mol. The van der Waals surface area contributed by atoms with Gasteiger partial charge >= 0.3 is 0 Å². The number of amidine groups is 1. The molecule has 8 heteroatoms. The van der Waals surface area contributed by atoms with Crippen LogP contribution in [0.4, 0.5) is 5.69 Å². The Bertz CT molecular complexity index is 1160. The minimum atomic E-state index is -3.82. The molecule has 1 saturated heterocycles. The molecular weight excluding hydrogens is 458 g/mol. The molecule has 0 radical (unpaired) electrons. The van der Waals surface area contributed by atoms with Gasteiger partial charge in [-0.1, -0.05) is 60.7 Å². The van der Waals surface area contributed by atoms with Crippen LogP contribution < -0.4 is 9.64 Å². The molecule has 0 spiro atoms. The van der Waals surface area contributed by atoms with E-state index in [-0.39, 0.29) is 17.3 Å². The van der Waals surface area contributed by atoms with Crippen molar-refractivity contribution in [1.29, 1.82) is 0 Å². The first-order valence-electron chi connectivity index (χ1n) is 10.8. The van der Waals surface area contributed by atoms with Crippen LogP contribution >= 0.6 is 12.4 Å². The van der Waals surface area contributed by atoms with Gasteiger partial charge in [-0.05, 0) is 31.2 Å². The number of rotatable bonds is 6. The van der Waals surface area contributed by atoms with Crippen LogP contribution in [-0.4, -0.2) is 51.9 Å². The molecule has 3 aromatic rings. The number of nitrogens with zero attached hydrogens (tertiary/aromatic N) is 3. The summed E-state index contributed by atoms with van der Waals surface area (Å²) in [5, 5.41) is 0. The number of hydrogen-bond donors (Lipinski definition) is 0. The molecule has 1 aliphatic heterocycles. The summed E-state index contributed by atoms with van der Waals surface area (Å²) < 4.78 is 36.1. The predicted octanol–water partition coefficient (Wildman–Crippen LogP) is 4.46. The fraction of sp³-hybridized carbons (Fsp3) is 0.240. The first kappa shape index (κ1) is 24.6. The van der Waals surface area contributed by atoms with Gasteiger partial charge in [0.1, 0.15) is 11.6 Å². The van der Waals surface area contributed by atoms with Crippen molar-refractivity contribution in [3.8, 4) is 5.75 Å². The van der Waals surface area contributed by atoms with Crippen molar-refractivity contribution in [2.45, 2.75) is 11.8 Å². The van der Waals surface area contributed by atoms with Gasteiger partial charge in [0.25, 0.3) is 10.0 Å². The predicted molar refractivity (Wildman–Crippen MR) is 135 cm³/mol. The topological polar surface area (TPSA) is 62.2 Å². The summed E-state index contributed by atoms with van der Waals surface area (Å²) in [4.78, 5) is 4.52. The van der Waals surface area contributed by atoms with E-state index in [2.05, 4.69) is 20.3 Å². The van der Waals surface area contributed by atoms with E-state index in [1.54, 1.807) is 30.3 Å². The molecule has 0 aromatic heterocycles. The summed E-state index contributed by atoms with van der Waals surface area (Å²) >= 11 is 0. The Morgan fingerprint density at radius 1 is 0.848 bits per heavy atom. The molecule has 0 saturated carbocycles. The smallest absolute Gasteiger partial charge is 0.284 e. The lowest BCUT2D eigenvalue weighted by molar-refractivity contribution is 0.336. The molecule has 0 N–H and O–H groups in total. The van der Waals surface area contributed by atoms with Crippen molar-refractivity contribution < 1.29 is 13.2 Å². The van der Waals surface area contributed by atoms with Gasteiger partial charge in [0.05, 0.1) is 17.2 Å². The zero-order valence-electron chi connectivity index (χ0n) is 18.5. The quantitative estimate of drug-likeness (QED) is 0.381. The zero-order valence-corrected chi connectivity index (χ0v) is 20.1. The van der Waals surface area contributed by atoms with Gasteiger partial charge in [-0.15, -0.1) is 16.8 Å². The Balaban J connectivity index is 0.00000306. The minimum Gasteiger partial charge on any atom is -0.492 e. The van der Waals surface area contributed by atoms with Crippen LogP contribution in [0.1, 0.15) is 12.5 Å². The van der Waals surface area contributed by atoms with Crippen molar-refractivity contribution >= 4 is 34.0 Å². The molecule has 1 aliphatic rings. The highest BCUT2D eigenvalue weighted by molar-refractivity contribution is 7.90. The normalized spacial score (nSPS) is 14.5. The molecule has 0 atom stereocenters. The van der Waals surface area contributed by atoms with Crippen LogP contribution in [0.5, 0.6) is 5.75 Å². The fourth-order valence-electron chi connectivity index (χ4n) is 3.79. The highest BCUT2D eigenvalue weighted by Crippen LogP contribution is 2.29. The molecular formula is C25H28ClN3O3S. The van der Waals surface area contributed by atoms with Gasteiger partial charge in [-0.25, -0.2) is 0 Å². The molecule has 4 rings (SSSR count). The number of ether oxygens (including phenoxy) is 1. The Labute approximate surface area is 202 Å². The van der Waals surface area contributed by atoms with Crippen molar-refractivity contribution in [2.24, 2.45) is 4.40 Å². The monoisotopic (exact) mass is 485 g/mol. The van der Waals surface area contributed by atoms with Crippen LogP contribution in [-0.2, 0) is 10.0 Å². The van der Waals surface area contributed by atoms with Gasteiger partial charge in [-0.2, -0.15) is 8.42 Å². The number of anilines is 1. The molecule has 1 fully saturated rings. The molecule has 0 aliphatic carbocycles. The van der Waals surface area contributed by atoms with Gasteiger partial charge in [0, 0.05) is 31.7 Å². The van der Waals surface area contributed by atoms with Crippen molar-refractivity contribution in [1.82, 2.24) is 4.90 Å². The number of para-hydroxylation sites is 2. The molecule has 0 unspecified atom stereocenters. The van der Waals surface area contributed by atoms with E-state index in [0.29, 0.717) is 25.5 Å². The zero-order chi connectivity index (χ0) is 22.4. The summed E-state index contributed by atoms with van der Waals surface area (Å²) in [6.45, 7) is 5.36. The van der Waals surface area contributed by atoms with Crippen LogP contribution in [0.25, 0.3) is 0 Å². The molecule has 174 valence electrons. The van der Waals surface area contributed by atoms with E-state index < -0.39 is 10.0 Å². The van der Waals surface area contributed by atoms with E-state index >= 15 is 0 Å². The fourth-order valence-corrected chi connectivity index (χ4v) is 4.85. The second-order valence-corrected chi connectivity index (χ2v) is 9.05. The summed E-state index contributed by atoms with van der Waals surface area (Å²) in [7, 11) is -3.82. The van der Waals surface area contributed by atoms with Crippen molar-refractivity contribution in [3.63, 3.8) is 0 Å². The molecule has 1 heterocycles. The van der Waals surface area contributed by atoms with Crippen molar-refractivity contribution in [2.75, 3.05) is 37.7 Å². The number of halogens is 1. The lowest BCUT2D eigenvalue weighted by Crippen LogP contribution is -2.49. The standard InChI is InChI=1S/C25H27N3O3S.ClH/c1-2-31-24-16-10-9-15-23(24)27-17-19-28(20-18-27)25(21-11-5-3-6-12-21)26-32(29,30)22-13-7-4-8-14-22;/h3-16H,2,17-20H2,1H3;1H/b26-25+;. The lowest BCUT2D eigenvalue weighted by atomic mass is 10.1. The first-order chi connectivity index (χ1) is 15.6. The lowest BCUT2D eigenvalue weighted by Gasteiger charge is -2.38. The third-order valence-electron chi connectivity index (χ3n) is 5.36. The van der Waals surface area contributed by atoms with Crippen LogP contribution in [0.3, 0.4) is 0 Å². The maximum atomic E-state index is 13.0. The summed E-state index contributed by atoms with van der Waals surface area (Å²) in [5.74, 6) is 1.35. The first-order valence-corrected chi connectivity index (χ1v) is 12.2. The molecule has 6 nitrogen and oxygen atoms in total. The van der Waals surface area contributed by atoms with Crippen LogP contribution in [0.15, 0.2) is 94.2 Å². The summed E-state index contributed by atoms with van der Waals surface area (Å²) in [5.41, 5.74) is 1.85. The number of benzene rings is 3. The third-order valence-corrected chi connectivity index (χ3v) is 6.65. The second kappa shape index (κ2) is 11.2. The second-order valence-electron chi connectivity index (χ2n) is 7.44. The highest BCUT2D eigenvalue weighted by atomic mass is 35.5. The molecule has 0 amide bonds. The van der Waals surface area contributed by atoms with E-state index in [9.17, 15) is 8.42 Å². The van der Waals surface area contributed by atoms with Gasteiger partial charge in [0.15, 0.2) is 0 Å². The van der Waals surface area contributed by atoms with Gasteiger partial charge in [-0.3, -0.25) is 0 Å².